The van der Waals surface area contributed by atoms with Crippen molar-refractivity contribution in [3.05, 3.63) is 29.6 Å². The molecule has 1 aromatic carbocycles. The molecule has 2 N–H and O–H groups in total. The number of aromatic nitrogens is 2. The van der Waals surface area contributed by atoms with E-state index in [1.54, 1.807) is 0 Å². The fraction of sp³-hybridized carbons (Fsp3) is 0.500. The summed E-state index contributed by atoms with van der Waals surface area (Å²) in [6, 6.07) is 6.35. The Bertz CT molecular complexity index is 511. The van der Waals surface area contributed by atoms with Crippen LogP contribution in [0.3, 0.4) is 0 Å². The zero-order valence-electron chi connectivity index (χ0n) is 10.9. The summed E-state index contributed by atoms with van der Waals surface area (Å²) in [4.78, 5) is 4.75. The van der Waals surface area contributed by atoms with Gasteiger partial charge in [0.2, 0.25) is 0 Å². The van der Waals surface area contributed by atoms with E-state index in [-0.39, 0.29) is 0 Å². The number of rotatable bonds is 4. The van der Waals surface area contributed by atoms with E-state index in [0.717, 1.165) is 24.0 Å². The van der Waals surface area contributed by atoms with Gasteiger partial charge in [-0.1, -0.05) is 26.8 Å². The molecule has 0 aliphatic rings. The predicted octanol–water partition coefficient (Wildman–Crippen LogP) is 3.03. The summed E-state index contributed by atoms with van der Waals surface area (Å²) in [5.74, 6) is 1.63. The SMILES string of the molecule is CCCn1c(C(C)C)nc2cc(CN)ccc21. The minimum atomic E-state index is 0.454. The van der Waals surface area contributed by atoms with E-state index in [2.05, 4.69) is 43.5 Å². The molecule has 0 spiro atoms. The van der Waals surface area contributed by atoms with Crippen molar-refractivity contribution in [1.82, 2.24) is 9.55 Å². The molecule has 0 radical (unpaired) electrons. The number of hydrogen-bond donors (Lipinski definition) is 1. The summed E-state index contributed by atoms with van der Waals surface area (Å²) in [6.45, 7) is 8.19. The molecular formula is C14H21N3. The number of hydrogen-bond acceptors (Lipinski definition) is 2. The summed E-state index contributed by atoms with van der Waals surface area (Å²) in [6.07, 6.45) is 1.13. The van der Waals surface area contributed by atoms with Crippen molar-refractivity contribution in [3.8, 4) is 0 Å². The quantitative estimate of drug-likeness (QED) is 0.879. The molecular weight excluding hydrogens is 210 g/mol. The van der Waals surface area contributed by atoms with Gasteiger partial charge in [0, 0.05) is 19.0 Å². The Hall–Kier alpha value is -1.35. The van der Waals surface area contributed by atoms with Gasteiger partial charge >= 0.3 is 0 Å². The van der Waals surface area contributed by atoms with Crippen molar-refractivity contribution >= 4 is 11.0 Å². The number of aryl methyl sites for hydroxylation is 1. The summed E-state index contributed by atoms with van der Waals surface area (Å²) >= 11 is 0. The van der Waals surface area contributed by atoms with Crippen LogP contribution in [0.2, 0.25) is 0 Å². The van der Waals surface area contributed by atoms with Crippen molar-refractivity contribution in [1.29, 1.82) is 0 Å². The molecule has 0 bridgehead atoms. The van der Waals surface area contributed by atoms with Crippen LogP contribution in [0, 0.1) is 0 Å². The molecule has 0 saturated heterocycles. The maximum atomic E-state index is 5.67. The Balaban J connectivity index is 2.61. The van der Waals surface area contributed by atoms with E-state index in [1.165, 1.54) is 11.3 Å². The lowest BCUT2D eigenvalue weighted by Gasteiger charge is -2.09. The first-order chi connectivity index (χ1) is 8.17. The van der Waals surface area contributed by atoms with Gasteiger partial charge in [0.25, 0.3) is 0 Å². The standard InChI is InChI=1S/C14H21N3/c1-4-7-17-13-6-5-11(9-15)8-12(13)16-14(17)10(2)3/h5-6,8,10H,4,7,9,15H2,1-3H3. The number of fused-ring (bicyclic) bond motifs is 1. The molecule has 0 aliphatic heterocycles. The average Bonchev–Trinajstić information content (AvgIpc) is 2.68. The van der Waals surface area contributed by atoms with Crippen LogP contribution in [0.4, 0.5) is 0 Å². The highest BCUT2D eigenvalue weighted by atomic mass is 15.1. The third kappa shape index (κ3) is 2.20. The van der Waals surface area contributed by atoms with Crippen LogP contribution in [-0.4, -0.2) is 9.55 Å². The highest BCUT2D eigenvalue weighted by Gasteiger charge is 2.12. The Kier molecular flexibility index (Phi) is 3.48. The summed E-state index contributed by atoms with van der Waals surface area (Å²) in [5, 5.41) is 0. The average molecular weight is 231 g/mol. The normalized spacial score (nSPS) is 11.6. The van der Waals surface area contributed by atoms with E-state index >= 15 is 0 Å². The van der Waals surface area contributed by atoms with Crippen LogP contribution in [-0.2, 0) is 13.1 Å². The fourth-order valence-electron chi connectivity index (χ4n) is 2.22. The monoisotopic (exact) mass is 231 g/mol. The van der Waals surface area contributed by atoms with E-state index in [4.69, 9.17) is 10.7 Å². The molecule has 2 rings (SSSR count). The van der Waals surface area contributed by atoms with E-state index in [0.29, 0.717) is 12.5 Å². The molecule has 2 aromatic rings. The lowest BCUT2D eigenvalue weighted by molar-refractivity contribution is 0.624. The Morgan fingerprint density at radius 3 is 2.71 bits per heavy atom. The second kappa shape index (κ2) is 4.88. The lowest BCUT2D eigenvalue weighted by Crippen LogP contribution is -2.04. The van der Waals surface area contributed by atoms with Gasteiger partial charge in [-0.2, -0.15) is 0 Å². The van der Waals surface area contributed by atoms with Crippen molar-refractivity contribution in [3.63, 3.8) is 0 Å². The highest BCUT2D eigenvalue weighted by molar-refractivity contribution is 5.77. The van der Waals surface area contributed by atoms with Gasteiger partial charge in [-0.05, 0) is 24.1 Å². The van der Waals surface area contributed by atoms with Crippen LogP contribution in [0.1, 0.15) is 44.5 Å². The van der Waals surface area contributed by atoms with Crippen LogP contribution < -0.4 is 5.73 Å². The van der Waals surface area contributed by atoms with Crippen molar-refractivity contribution in [2.75, 3.05) is 0 Å². The predicted molar refractivity (Wildman–Crippen MR) is 72.0 cm³/mol. The lowest BCUT2D eigenvalue weighted by atomic mass is 10.2. The second-order valence-electron chi connectivity index (χ2n) is 4.80. The third-order valence-corrected chi connectivity index (χ3v) is 3.04. The van der Waals surface area contributed by atoms with Crippen molar-refractivity contribution < 1.29 is 0 Å². The van der Waals surface area contributed by atoms with Crippen LogP contribution in [0.25, 0.3) is 11.0 Å². The summed E-state index contributed by atoms with van der Waals surface area (Å²) < 4.78 is 2.33. The zero-order chi connectivity index (χ0) is 12.4. The largest absolute Gasteiger partial charge is 0.328 e. The maximum Gasteiger partial charge on any atom is 0.112 e. The molecule has 0 saturated carbocycles. The maximum absolute atomic E-state index is 5.67. The molecule has 0 aliphatic carbocycles. The third-order valence-electron chi connectivity index (χ3n) is 3.04. The van der Waals surface area contributed by atoms with Gasteiger partial charge < -0.3 is 10.3 Å². The fourth-order valence-corrected chi connectivity index (χ4v) is 2.22. The number of imidazole rings is 1. The topological polar surface area (TPSA) is 43.8 Å². The van der Waals surface area contributed by atoms with Crippen molar-refractivity contribution in [2.24, 2.45) is 5.73 Å². The Morgan fingerprint density at radius 1 is 1.35 bits per heavy atom. The van der Waals surface area contributed by atoms with Gasteiger partial charge in [-0.15, -0.1) is 0 Å². The van der Waals surface area contributed by atoms with Gasteiger partial charge in [0.1, 0.15) is 5.82 Å². The molecule has 92 valence electrons. The summed E-state index contributed by atoms with van der Waals surface area (Å²) in [7, 11) is 0. The highest BCUT2D eigenvalue weighted by Crippen LogP contribution is 2.23. The number of benzene rings is 1. The Morgan fingerprint density at radius 2 is 2.12 bits per heavy atom. The first-order valence-electron chi connectivity index (χ1n) is 6.36. The van der Waals surface area contributed by atoms with Crippen LogP contribution in [0.15, 0.2) is 18.2 Å². The van der Waals surface area contributed by atoms with Gasteiger partial charge in [0.15, 0.2) is 0 Å². The molecule has 3 nitrogen and oxygen atoms in total. The number of nitrogens with zero attached hydrogens (tertiary/aromatic N) is 2. The van der Waals surface area contributed by atoms with Gasteiger partial charge in [0.05, 0.1) is 11.0 Å². The minimum absolute atomic E-state index is 0.454. The molecule has 0 fully saturated rings. The Labute approximate surface area is 103 Å². The molecule has 17 heavy (non-hydrogen) atoms. The van der Waals surface area contributed by atoms with Crippen LogP contribution in [0.5, 0.6) is 0 Å². The zero-order valence-corrected chi connectivity index (χ0v) is 10.9. The molecule has 3 heteroatoms. The molecule has 1 heterocycles. The molecule has 0 unspecified atom stereocenters. The van der Waals surface area contributed by atoms with E-state index in [9.17, 15) is 0 Å². The minimum Gasteiger partial charge on any atom is -0.328 e. The number of nitrogens with two attached hydrogens (primary N) is 1. The van der Waals surface area contributed by atoms with Gasteiger partial charge in [-0.3, -0.25) is 0 Å². The first kappa shape index (κ1) is 12.1. The molecule has 0 atom stereocenters. The molecule has 1 aromatic heterocycles. The van der Waals surface area contributed by atoms with E-state index in [1.807, 2.05) is 0 Å². The summed E-state index contributed by atoms with van der Waals surface area (Å²) in [5.41, 5.74) is 9.12. The van der Waals surface area contributed by atoms with Gasteiger partial charge in [-0.25, -0.2) is 4.98 Å². The van der Waals surface area contributed by atoms with Crippen molar-refractivity contribution in [2.45, 2.75) is 46.2 Å². The molecule has 0 amide bonds. The van der Waals surface area contributed by atoms with E-state index < -0.39 is 0 Å². The van der Waals surface area contributed by atoms with Crippen LogP contribution >= 0.6 is 0 Å². The smallest absolute Gasteiger partial charge is 0.112 e. The first-order valence-corrected chi connectivity index (χ1v) is 6.36. The second-order valence-corrected chi connectivity index (χ2v) is 4.80.